The molecule has 1 fully saturated rings. The van der Waals surface area contributed by atoms with Gasteiger partial charge in [0.2, 0.25) is 0 Å². The number of nitrogens with two attached hydrogens (primary N) is 1. The highest BCUT2D eigenvalue weighted by Gasteiger charge is 2.25. The van der Waals surface area contributed by atoms with Crippen molar-refractivity contribution in [2.24, 2.45) is 11.8 Å². The number of anilines is 1. The lowest BCUT2D eigenvalue weighted by Gasteiger charge is -2.16. The number of amides is 1. The van der Waals surface area contributed by atoms with E-state index in [1.807, 2.05) is 29.2 Å². The highest BCUT2D eigenvalue weighted by atomic mass is 16.2. The summed E-state index contributed by atoms with van der Waals surface area (Å²) in [5, 5.41) is 0. The van der Waals surface area contributed by atoms with E-state index in [-0.39, 0.29) is 5.91 Å². The van der Waals surface area contributed by atoms with Crippen molar-refractivity contribution in [2.75, 3.05) is 18.5 Å². The Balaban J connectivity index is 2.04. The van der Waals surface area contributed by atoms with Crippen molar-refractivity contribution < 1.29 is 4.79 Å². The van der Waals surface area contributed by atoms with Gasteiger partial charge in [0.05, 0.1) is 0 Å². The normalized spacial score (nSPS) is 19.4. The van der Waals surface area contributed by atoms with Gasteiger partial charge in [-0.25, -0.2) is 0 Å². The van der Waals surface area contributed by atoms with Crippen molar-refractivity contribution in [2.45, 2.75) is 19.8 Å². The van der Waals surface area contributed by atoms with Crippen LogP contribution >= 0.6 is 0 Å². The molecule has 4 heteroatoms. The Morgan fingerprint density at radius 2 is 2.18 bits per heavy atom. The highest BCUT2D eigenvalue weighted by molar-refractivity contribution is 5.94. The van der Waals surface area contributed by atoms with E-state index < -0.39 is 0 Å². The standard InChI is InChI=1S/C13H19N3O/c1-2-10-7-8-16(9-10)13(17)11-3-5-12(15-14)6-4-11/h3-6,10,15H,2,7-9,14H2,1H3. The summed E-state index contributed by atoms with van der Waals surface area (Å²) in [6.07, 6.45) is 2.28. The number of nitrogen functional groups attached to an aromatic ring is 1. The predicted molar refractivity (Wildman–Crippen MR) is 68.6 cm³/mol. The number of hydrogen-bond donors (Lipinski definition) is 2. The molecule has 2 rings (SSSR count). The van der Waals surface area contributed by atoms with Crippen LogP contribution in [0.4, 0.5) is 5.69 Å². The van der Waals surface area contributed by atoms with Crippen molar-refractivity contribution in [3.05, 3.63) is 29.8 Å². The first-order valence-electron chi connectivity index (χ1n) is 6.10. The third-order valence-electron chi connectivity index (χ3n) is 3.45. The number of hydrogen-bond acceptors (Lipinski definition) is 3. The van der Waals surface area contributed by atoms with Crippen LogP contribution in [-0.2, 0) is 0 Å². The van der Waals surface area contributed by atoms with Crippen LogP contribution in [0.15, 0.2) is 24.3 Å². The number of likely N-dealkylation sites (tertiary alicyclic amines) is 1. The summed E-state index contributed by atoms with van der Waals surface area (Å²) in [7, 11) is 0. The lowest BCUT2D eigenvalue weighted by molar-refractivity contribution is 0.0787. The molecule has 1 aliphatic rings. The highest BCUT2D eigenvalue weighted by Crippen LogP contribution is 2.21. The van der Waals surface area contributed by atoms with Gasteiger partial charge in [-0.3, -0.25) is 10.6 Å². The molecule has 0 aliphatic carbocycles. The third kappa shape index (κ3) is 2.58. The maximum absolute atomic E-state index is 12.2. The zero-order valence-corrected chi connectivity index (χ0v) is 10.1. The van der Waals surface area contributed by atoms with Gasteiger partial charge >= 0.3 is 0 Å². The Morgan fingerprint density at radius 1 is 1.47 bits per heavy atom. The fraction of sp³-hybridized carbons (Fsp3) is 0.462. The van der Waals surface area contributed by atoms with Gasteiger partial charge < -0.3 is 10.3 Å². The maximum Gasteiger partial charge on any atom is 0.253 e. The lowest BCUT2D eigenvalue weighted by Crippen LogP contribution is -2.28. The van der Waals surface area contributed by atoms with E-state index >= 15 is 0 Å². The van der Waals surface area contributed by atoms with Gasteiger partial charge in [0.25, 0.3) is 5.91 Å². The second kappa shape index (κ2) is 5.19. The molecule has 0 bridgehead atoms. The number of rotatable bonds is 3. The summed E-state index contributed by atoms with van der Waals surface area (Å²) in [5.74, 6) is 6.09. The summed E-state index contributed by atoms with van der Waals surface area (Å²) in [6.45, 7) is 3.96. The van der Waals surface area contributed by atoms with E-state index in [9.17, 15) is 4.79 Å². The first kappa shape index (κ1) is 11.9. The number of nitrogens with zero attached hydrogens (tertiary/aromatic N) is 1. The van der Waals surface area contributed by atoms with E-state index in [1.54, 1.807) is 0 Å². The van der Waals surface area contributed by atoms with Gasteiger partial charge in [-0.1, -0.05) is 13.3 Å². The zero-order valence-electron chi connectivity index (χ0n) is 10.1. The van der Waals surface area contributed by atoms with Crippen LogP contribution in [0.25, 0.3) is 0 Å². The average Bonchev–Trinajstić information content (AvgIpc) is 2.87. The monoisotopic (exact) mass is 233 g/mol. The van der Waals surface area contributed by atoms with Crippen molar-refractivity contribution in [3.8, 4) is 0 Å². The van der Waals surface area contributed by atoms with Gasteiger partial charge in [0.1, 0.15) is 0 Å². The Labute approximate surface area is 102 Å². The second-order valence-electron chi connectivity index (χ2n) is 4.54. The quantitative estimate of drug-likeness (QED) is 0.618. The first-order valence-corrected chi connectivity index (χ1v) is 6.10. The molecule has 17 heavy (non-hydrogen) atoms. The first-order chi connectivity index (χ1) is 8.24. The minimum absolute atomic E-state index is 0.129. The summed E-state index contributed by atoms with van der Waals surface area (Å²) in [6, 6.07) is 7.27. The zero-order chi connectivity index (χ0) is 12.3. The molecule has 1 aromatic rings. The molecule has 4 nitrogen and oxygen atoms in total. The number of benzene rings is 1. The number of hydrazine groups is 1. The van der Waals surface area contributed by atoms with E-state index in [0.717, 1.165) is 37.2 Å². The van der Waals surface area contributed by atoms with Crippen LogP contribution < -0.4 is 11.3 Å². The molecule has 1 atom stereocenters. The number of nitrogens with one attached hydrogen (secondary N) is 1. The van der Waals surface area contributed by atoms with E-state index in [2.05, 4.69) is 12.3 Å². The van der Waals surface area contributed by atoms with Crippen molar-refractivity contribution in [1.29, 1.82) is 0 Å². The molecular formula is C13H19N3O. The molecular weight excluding hydrogens is 214 g/mol. The molecule has 1 amide bonds. The van der Waals surface area contributed by atoms with Crippen LogP contribution in [-0.4, -0.2) is 23.9 Å². The minimum atomic E-state index is 0.129. The molecule has 1 aliphatic heterocycles. The van der Waals surface area contributed by atoms with Crippen LogP contribution in [0.1, 0.15) is 30.1 Å². The summed E-state index contributed by atoms with van der Waals surface area (Å²) >= 11 is 0. The molecule has 1 saturated heterocycles. The van der Waals surface area contributed by atoms with Gasteiger partial charge in [0.15, 0.2) is 0 Å². The number of carbonyl (C=O) groups excluding carboxylic acids is 1. The SMILES string of the molecule is CCC1CCN(C(=O)c2ccc(NN)cc2)C1. The van der Waals surface area contributed by atoms with Crippen LogP contribution in [0, 0.1) is 5.92 Å². The Hall–Kier alpha value is -1.55. The lowest BCUT2D eigenvalue weighted by atomic mass is 10.1. The molecule has 0 radical (unpaired) electrons. The van der Waals surface area contributed by atoms with Crippen LogP contribution in [0.3, 0.4) is 0 Å². The van der Waals surface area contributed by atoms with E-state index in [0.29, 0.717) is 5.92 Å². The second-order valence-corrected chi connectivity index (χ2v) is 4.54. The fourth-order valence-corrected chi connectivity index (χ4v) is 2.24. The molecule has 3 N–H and O–H groups in total. The molecule has 92 valence electrons. The molecule has 1 unspecified atom stereocenters. The molecule has 0 aromatic heterocycles. The summed E-state index contributed by atoms with van der Waals surface area (Å²) in [4.78, 5) is 14.1. The van der Waals surface area contributed by atoms with Crippen molar-refractivity contribution in [1.82, 2.24) is 4.90 Å². The molecule has 1 aromatic carbocycles. The van der Waals surface area contributed by atoms with E-state index in [4.69, 9.17) is 5.84 Å². The smallest absolute Gasteiger partial charge is 0.253 e. The maximum atomic E-state index is 12.2. The Kier molecular flexibility index (Phi) is 3.64. The molecule has 0 spiro atoms. The number of carbonyl (C=O) groups is 1. The predicted octanol–water partition coefficient (Wildman–Crippen LogP) is 1.84. The van der Waals surface area contributed by atoms with Gasteiger partial charge in [-0.05, 0) is 36.6 Å². The third-order valence-corrected chi connectivity index (χ3v) is 3.45. The van der Waals surface area contributed by atoms with Crippen molar-refractivity contribution in [3.63, 3.8) is 0 Å². The van der Waals surface area contributed by atoms with Gasteiger partial charge in [0, 0.05) is 24.3 Å². The van der Waals surface area contributed by atoms with Gasteiger partial charge in [-0.2, -0.15) is 0 Å². The summed E-state index contributed by atoms with van der Waals surface area (Å²) in [5.41, 5.74) is 4.10. The molecule has 1 heterocycles. The fourth-order valence-electron chi connectivity index (χ4n) is 2.24. The van der Waals surface area contributed by atoms with Crippen LogP contribution in [0.5, 0.6) is 0 Å². The molecule has 0 saturated carbocycles. The average molecular weight is 233 g/mol. The van der Waals surface area contributed by atoms with Gasteiger partial charge in [-0.15, -0.1) is 0 Å². The summed E-state index contributed by atoms with van der Waals surface area (Å²) < 4.78 is 0. The largest absolute Gasteiger partial charge is 0.338 e. The Bertz CT molecular complexity index is 388. The topological polar surface area (TPSA) is 58.4 Å². The minimum Gasteiger partial charge on any atom is -0.338 e. The van der Waals surface area contributed by atoms with Crippen molar-refractivity contribution >= 4 is 11.6 Å². The Morgan fingerprint density at radius 3 is 2.71 bits per heavy atom. The van der Waals surface area contributed by atoms with E-state index in [1.165, 1.54) is 0 Å². The van der Waals surface area contributed by atoms with Crippen LogP contribution in [0.2, 0.25) is 0 Å².